The summed E-state index contributed by atoms with van der Waals surface area (Å²) in [5, 5.41) is 4.73. The molecule has 0 saturated heterocycles. The van der Waals surface area contributed by atoms with E-state index >= 15 is 0 Å². The summed E-state index contributed by atoms with van der Waals surface area (Å²) in [5.41, 5.74) is 19.1. The van der Waals surface area contributed by atoms with Crippen molar-refractivity contribution in [2.75, 3.05) is 4.90 Å². The molecule has 0 bridgehead atoms. The van der Waals surface area contributed by atoms with Gasteiger partial charge in [0, 0.05) is 27.7 Å². The summed E-state index contributed by atoms with van der Waals surface area (Å²) < 4.78 is 6.30. The molecule has 11 aromatic carbocycles. The van der Waals surface area contributed by atoms with Gasteiger partial charge < -0.3 is 9.32 Å². The van der Waals surface area contributed by atoms with E-state index in [2.05, 4.69) is 254 Å². The van der Waals surface area contributed by atoms with E-state index in [9.17, 15) is 0 Å². The van der Waals surface area contributed by atoms with Crippen molar-refractivity contribution in [1.29, 1.82) is 0 Å². The fraction of sp³-hybridized carbons (Fsp3) is 0.0154. The van der Waals surface area contributed by atoms with Gasteiger partial charge in [0.05, 0.1) is 11.1 Å². The van der Waals surface area contributed by atoms with Crippen LogP contribution < -0.4 is 4.90 Å². The lowest BCUT2D eigenvalue weighted by Crippen LogP contribution is -2.28. The van der Waals surface area contributed by atoms with E-state index in [4.69, 9.17) is 4.42 Å². The summed E-state index contributed by atoms with van der Waals surface area (Å²) in [7, 11) is 0. The molecule has 0 N–H and O–H groups in total. The third-order valence-electron chi connectivity index (χ3n) is 14.0. The number of rotatable bonds is 8. The zero-order chi connectivity index (χ0) is 44.3. The lowest BCUT2D eigenvalue weighted by atomic mass is 9.67. The highest BCUT2D eigenvalue weighted by atomic mass is 16.3. The van der Waals surface area contributed by atoms with Crippen molar-refractivity contribution in [1.82, 2.24) is 0 Å². The molecule has 0 aliphatic heterocycles. The summed E-state index contributed by atoms with van der Waals surface area (Å²) >= 11 is 0. The molecule has 0 atom stereocenters. The van der Waals surface area contributed by atoms with Gasteiger partial charge in [-0.2, -0.15) is 0 Å². The van der Waals surface area contributed by atoms with Crippen LogP contribution in [-0.4, -0.2) is 0 Å². The molecular formula is C65H43NO. The third kappa shape index (κ3) is 6.33. The van der Waals surface area contributed by atoms with Crippen LogP contribution in [0.4, 0.5) is 17.1 Å². The zero-order valence-electron chi connectivity index (χ0n) is 36.7. The van der Waals surface area contributed by atoms with Gasteiger partial charge in [-0.25, -0.2) is 0 Å². The van der Waals surface area contributed by atoms with Gasteiger partial charge in [-0.15, -0.1) is 0 Å². The van der Waals surface area contributed by atoms with Crippen LogP contribution in [0.3, 0.4) is 0 Å². The summed E-state index contributed by atoms with van der Waals surface area (Å²) in [6, 6.07) is 95.2. The number of benzene rings is 11. The molecule has 0 amide bonds. The fourth-order valence-corrected chi connectivity index (χ4v) is 10.8. The van der Waals surface area contributed by atoms with Crippen molar-refractivity contribution in [3.05, 3.63) is 283 Å². The van der Waals surface area contributed by atoms with E-state index in [1.165, 1.54) is 60.8 Å². The van der Waals surface area contributed by atoms with Gasteiger partial charge in [-0.1, -0.05) is 206 Å². The lowest BCUT2D eigenvalue weighted by molar-refractivity contribution is 0.669. The first-order valence-electron chi connectivity index (χ1n) is 23.1. The first-order chi connectivity index (χ1) is 33.2. The van der Waals surface area contributed by atoms with E-state index in [-0.39, 0.29) is 0 Å². The molecule has 2 heteroatoms. The maximum Gasteiger partial charge on any atom is 0.135 e. The normalized spacial score (nSPS) is 12.6. The highest BCUT2D eigenvalue weighted by Gasteiger charge is 2.46. The molecule has 314 valence electrons. The Bertz CT molecular complexity index is 3750. The summed E-state index contributed by atoms with van der Waals surface area (Å²) in [4.78, 5) is 2.45. The van der Waals surface area contributed by atoms with Crippen LogP contribution in [0, 0.1) is 0 Å². The molecule has 67 heavy (non-hydrogen) atoms. The van der Waals surface area contributed by atoms with Gasteiger partial charge in [0.1, 0.15) is 11.2 Å². The van der Waals surface area contributed by atoms with Gasteiger partial charge in [0.25, 0.3) is 0 Å². The molecule has 12 aromatic rings. The molecule has 1 aromatic heterocycles. The number of nitrogens with zero attached hydrogens (tertiary/aromatic N) is 1. The second kappa shape index (κ2) is 15.8. The second-order valence-corrected chi connectivity index (χ2v) is 17.6. The van der Waals surface area contributed by atoms with Crippen LogP contribution >= 0.6 is 0 Å². The predicted molar refractivity (Wildman–Crippen MR) is 280 cm³/mol. The Hall–Kier alpha value is -8.72. The van der Waals surface area contributed by atoms with Crippen molar-refractivity contribution in [3.8, 4) is 44.5 Å². The summed E-state index contributed by atoms with van der Waals surface area (Å²) in [6.07, 6.45) is 0. The molecule has 0 unspecified atom stereocenters. The maximum atomic E-state index is 6.30. The monoisotopic (exact) mass is 853 g/mol. The standard InChI is InChI=1S/C65H43NO/c1-3-17-51(18-4-1)65(52-19-5-2-6-20-52)60-24-12-9-22-56(60)57-39-38-54(43-61(57)65)66(62-25-13-10-21-55(62)50-35-40-64-59(42-50)58-23-11-14-26-63(58)67-64)53-36-33-46(34-37-53)45-27-29-47(30-28-45)49-32-31-44-15-7-8-16-48(44)41-49/h1-43H. The van der Waals surface area contributed by atoms with Crippen LogP contribution in [0.5, 0.6) is 0 Å². The van der Waals surface area contributed by atoms with Crippen molar-refractivity contribution in [3.63, 3.8) is 0 Å². The number of para-hydroxylation sites is 2. The number of furan rings is 1. The minimum atomic E-state index is -0.536. The van der Waals surface area contributed by atoms with E-state index in [1.54, 1.807) is 0 Å². The first kappa shape index (κ1) is 38.7. The van der Waals surface area contributed by atoms with E-state index in [1.807, 2.05) is 12.1 Å². The average Bonchev–Trinajstić information content (AvgIpc) is 3.93. The number of fused-ring (bicyclic) bond motifs is 7. The van der Waals surface area contributed by atoms with E-state index < -0.39 is 5.41 Å². The van der Waals surface area contributed by atoms with Gasteiger partial charge in [0.15, 0.2) is 0 Å². The zero-order valence-corrected chi connectivity index (χ0v) is 36.7. The van der Waals surface area contributed by atoms with Crippen molar-refractivity contribution in [2.24, 2.45) is 0 Å². The topological polar surface area (TPSA) is 16.4 Å². The van der Waals surface area contributed by atoms with Gasteiger partial charge >= 0.3 is 0 Å². The van der Waals surface area contributed by atoms with Crippen LogP contribution in [0.2, 0.25) is 0 Å². The van der Waals surface area contributed by atoms with Crippen LogP contribution in [0.15, 0.2) is 265 Å². The van der Waals surface area contributed by atoms with E-state index in [0.717, 1.165) is 55.7 Å². The van der Waals surface area contributed by atoms with Gasteiger partial charge in [0.2, 0.25) is 0 Å². The molecule has 2 nitrogen and oxygen atoms in total. The summed E-state index contributed by atoms with van der Waals surface area (Å²) in [6.45, 7) is 0. The lowest BCUT2D eigenvalue weighted by Gasteiger charge is -2.35. The molecule has 1 aliphatic rings. The minimum Gasteiger partial charge on any atom is -0.456 e. The predicted octanol–water partition coefficient (Wildman–Crippen LogP) is 17.6. The van der Waals surface area contributed by atoms with Crippen LogP contribution in [-0.2, 0) is 5.41 Å². The Labute approximate surface area is 390 Å². The molecule has 1 aliphatic carbocycles. The molecule has 13 rings (SSSR count). The van der Waals surface area contributed by atoms with Gasteiger partial charge in [-0.05, 0) is 127 Å². The maximum absolute atomic E-state index is 6.30. The fourth-order valence-electron chi connectivity index (χ4n) is 10.8. The largest absolute Gasteiger partial charge is 0.456 e. The first-order valence-corrected chi connectivity index (χ1v) is 23.1. The number of hydrogen-bond acceptors (Lipinski definition) is 2. The Kier molecular flexibility index (Phi) is 9.11. The third-order valence-corrected chi connectivity index (χ3v) is 14.0. The number of hydrogen-bond donors (Lipinski definition) is 0. The highest BCUT2D eigenvalue weighted by molar-refractivity contribution is 6.07. The Morgan fingerprint density at radius 3 is 1.60 bits per heavy atom. The smallest absolute Gasteiger partial charge is 0.135 e. The summed E-state index contributed by atoms with van der Waals surface area (Å²) in [5.74, 6) is 0. The molecule has 0 radical (unpaired) electrons. The van der Waals surface area contributed by atoms with Crippen molar-refractivity contribution in [2.45, 2.75) is 5.41 Å². The quantitative estimate of drug-likeness (QED) is 0.151. The average molecular weight is 854 g/mol. The Morgan fingerprint density at radius 1 is 0.299 bits per heavy atom. The Morgan fingerprint density at radius 2 is 0.836 bits per heavy atom. The van der Waals surface area contributed by atoms with Crippen molar-refractivity contribution < 1.29 is 4.42 Å². The van der Waals surface area contributed by atoms with Crippen LogP contribution in [0.1, 0.15) is 22.3 Å². The minimum absolute atomic E-state index is 0.536. The highest BCUT2D eigenvalue weighted by Crippen LogP contribution is 2.57. The Balaban J connectivity index is 0.980. The molecular weight excluding hydrogens is 811 g/mol. The van der Waals surface area contributed by atoms with Gasteiger partial charge in [-0.3, -0.25) is 0 Å². The van der Waals surface area contributed by atoms with Crippen LogP contribution in [0.25, 0.3) is 77.2 Å². The molecule has 0 spiro atoms. The van der Waals surface area contributed by atoms with E-state index in [0.29, 0.717) is 0 Å². The molecule has 1 heterocycles. The SMILES string of the molecule is c1ccc(C2(c3ccccc3)c3ccccc3-c3ccc(N(c4ccc(-c5ccc(-c6ccc7ccccc7c6)cc5)cc4)c4ccccc4-c4ccc5oc6ccccc6c5c4)cc32)cc1. The molecule has 0 fully saturated rings. The number of anilines is 3. The van der Waals surface area contributed by atoms with Crippen molar-refractivity contribution >= 4 is 49.8 Å². The second-order valence-electron chi connectivity index (χ2n) is 17.6. The molecule has 0 saturated carbocycles.